The first-order valence-corrected chi connectivity index (χ1v) is 11.0. The number of anilines is 2. The van der Waals surface area contributed by atoms with Crippen LogP contribution in [-0.4, -0.2) is 0 Å². The highest BCUT2D eigenvalue weighted by Gasteiger charge is 2.09. The predicted molar refractivity (Wildman–Crippen MR) is 139 cm³/mol. The molecule has 0 fully saturated rings. The molecule has 166 valence electrons. The molecule has 0 aliphatic carbocycles. The molecule has 0 spiro atoms. The Hall–Kier alpha value is -4.70. The summed E-state index contributed by atoms with van der Waals surface area (Å²) in [5.74, 6) is 2.98. The molecular formula is C30H24N2O2. The lowest BCUT2D eigenvalue weighted by Crippen LogP contribution is -1.89. The monoisotopic (exact) mass is 444 g/mol. The van der Waals surface area contributed by atoms with Crippen LogP contribution >= 0.6 is 0 Å². The molecule has 4 nitrogen and oxygen atoms in total. The van der Waals surface area contributed by atoms with Gasteiger partial charge in [0.05, 0.1) is 0 Å². The molecule has 0 unspecified atom stereocenters. The maximum Gasteiger partial charge on any atom is 0.129 e. The first-order chi connectivity index (χ1) is 16.6. The van der Waals surface area contributed by atoms with Gasteiger partial charge in [0, 0.05) is 17.4 Å². The summed E-state index contributed by atoms with van der Waals surface area (Å²) in [7, 11) is 0. The molecule has 0 aliphatic rings. The third kappa shape index (κ3) is 4.87. The van der Waals surface area contributed by atoms with E-state index in [-0.39, 0.29) is 0 Å². The van der Waals surface area contributed by atoms with Crippen molar-refractivity contribution < 1.29 is 9.47 Å². The van der Waals surface area contributed by atoms with Crippen molar-refractivity contribution in [2.24, 2.45) is 0 Å². The largest absolute Gasteiger partial charge is 0.457 e. The highest BCUT2D eigenvalue weighted by atomic mass is 16.5. The SMILES string of the molecule is Nc1ccc(Oc2cccc(-c3ccccc3-c3ccc(Oc4cccc(N)c4)cc3)c2)cc1. The van der Waals surface area contributed by atoms with Crippen LogP contribution in [0.4, 0.5) is 11.4 Å². The maximum atomic E-state index is 6.04. The zero-order valence-electron chi connectivity index (χ0n) is 18.5. The summed E-state index contributed by atoms with van der Waals surface area (Å²) >= 11 is 0. The van der Waals surface area contributed by atoms with Crippen LogP contribution in [0, 0.1) is 0 Å². The van der Waals surface area contributed by atoms with Gasteiger partial charge in [0.25, 0.3) is 0 Å². The van der Waals surface area contributed by atoms with Gasteiger partial charge in [-0.3, -0.25) is 0 Å². The van der Waals surface area contributed by atoms with E-state index in [0.29, 0.717) is 17.1 Å². The van der Waals surface area contributed by atoms with Crippen molar-refractivity contribution in [3.63, 3.8) is 0 Å². The lowest BCUT2D eigenvalue weighted by Gasteiger charge is -2.13. The third-order valence-corrected chi connectivity index (χ3v) is 5.45. The Balaban J connectivity index is 1.41. The molecule has 5 aromatic carbocycles. The van der Waals surface area contributed by atoms with Gasteiger partial charge in [-0.1, -0.05) is 54.6 Å². The van der Waals surface area contributed by atoms with Crippen LogP contribution in [0.25, 0.3) is 22.3 Å². The van der Waals surface area contributed by atoms with E-state index in [2.05, 4.69) is 30.3 Å². The van der Waals surface area contributed by atoms with Crippen molar-refractivity contribution in [3.05, 3.63) is 121 Å². The zero-order valence-corrected chi connectivity index (χ0v) is 18.5. The van der Waals surface area contributed by atoms with Gasteiger partial charge < -0.3 is 20.9 Å². The molecule has 0 saturated heterocycles. The van der Waals surface area contributed by atoms with Crippen LogP contribution in [0.2, 0.25) is 0 Å². The van der Waals surface area contributed by atoms with Crippen molar-refractivity contribution in [2.75, 3.05) is 11.5 Å². The second-order valence-electron chi connectivity index (χ2n) is 7.94. The van der Waals surface area contributed by atoms with Crippen molar-refractivity contribution in [1.29, 1.82) is 0 Å². The number of hydrogen-bond donors (Lipinski definition) is 2. The lowest BCUT2D eigenvalue weighted by molar-refractivity contribution is 0.483. The molecule has 5 aromatic rings. The highest BCUT2D eigenvalue weighted by Crippen LogP contribution is 2.35. The van der Waals surface area contributed by atoms with E-state index in [0.717, 1.165) is 39.5 Å². The molecule has 0 saturated carbocycles. The van der Waals surface area contributed by atoms with Crippen molar-refractivity contribution >= 4 is 11.4 Å². The first-order valence-electron chi connectivity index (χ1n) is 11.0. The van der Waals surface area contributed by atoms with E-state index < -0.39 is 0 Å². The van der Waals surface area contributed by atoms with Gasteiger partial charge in [-0.05, 0) is 82.9 Å². The summed E-state index contributed by atoms with van der Waals surface area (Å²) in [6.07, 6.45) is 0. The average Bonchev–Trinajstić information content (AvgIpc) is 2.86. The fourth-order valence-corrected chi connectivity index (χ4v) is 3.80. The predicted octanol–water partition coefficient (Wildman–Crippen LogP) is 7.77. The van der Waals surface area contributed by atoms with Gasteiger partial charge in [0.1, 0.15) is 23.0 Å². The minimum absolute atomic E-state index is 0.672. The molecule has 0 heterocycles. The van der Waals surface area contributed by atoms with E-state index in [1.54, 1.807) is 0 Å². The number of benzene rings is 5. The van der Waals surface area contributed by atoms with Crippen LogP contribution in [0.5, 0.6) is 23.0 Å². The molecule has 0 atom stereocenters. The van der Waals surface area contributed by atoms with E-state index >= 15 is 0 Å². The lowest BCUT2D eigenvalue weighted by atomic mass is 9.94. The van der Waals surface area contributed by atoms with Gasteiger partial charge >= 0.3 is 0 Å². The van der Waals surface area contributed by atoms with Crippen LogP contribution in [0.3, 0.4) is 0 Å². The molecule has 4 heteroatoms. The Morgan fingerprint density at radius 3 is 1.59 bits per heavy atom. The van der Waals surface area contributed by atoms with Gasteiger partial charge in [0.2, 0.25) is 0 Å². The molecular weight excluding hydrogens is 420 g/mol. The molecule has 0 radical (unpaired) electrons. The van der Waals surface area contributed by atoms with Crippen LogP contribution in [-0.2, 0) is 0 Å². The van der Waals surface area contributed by atoms with E-state index in [4.69, 9.17) is 20.9 Å². The summed E-state index contributed by atoms with van der Waals surface area (Å²) in [6, 6.07) is 39.3. The van der Waals surface area contributed by atoms with Crippen molar-refractivity contribution in [3.8, 4) is 45.3 Å². The first kappa shape index (κ1) is 21.2. The topological polar surface area (TPSA) is 70.5 Å². The number of ether oxygens (including phenoxy) is 2. The minimum Gasteiger partial charge on any atom is -0.457 e. The highest BCUT2D eigenvalue weighted by molar-refractivity contribution is 5.84. The second-order valence-corrected chi connectivity index (χ2v) is 7.94. The van der Waals surface area contributed by atoms with Gasteiger partial charge in [0.15, 0.2) is 0 Å². The summed E-state index contributed by atoms with van der Waals surface area (Å²) < 4.78 is 12.0. The summed E-state index contributed by atoms with van der Waals surface area (Å²) in [6.45, 7) is 0. The number of rotatable bonds is 6. The molecule has 0 amide bonds. The fourth-order valence-electron chi connectivity index (χ4n) is 3.80. The summed E-state index contributed by atoms with van der Waals surface area (Å²) in [4.78, 5) is 0. The molecule has 0 bridgehead atoms. The molecule has 4 N–H and O–H groups in total. The van der Waals surface area contributed by atoms with E-state index in [1.807, 2.05) is 91.0 Å². The smallest absolute Gasteiger partial charge is 0.129 e. The summed E-state index contributed by atoms with van der Waals surface area (Å²) in [5.41, 5.74) is 17.4. The molecule has 0 aromatic heterocycles. The number of hydrogen-bond acceptors (Lipinski definition) is 4. The Kier molecular flexibility index (Phi) is 5.87. The van der Waals surface area contributed by atoms with Crippen LogP contribution in [0.1, 0.15) is 0 Å². The number of nitrogen functional groups attached to an aromatic ring is 2. The number of nitrogens with two attached hydrogens (primary N) is 2. The Bertz CT molecular complexity index is 1410. The Labute approximate surface area is 199 Å². The molecule has 5 rings (SSSR count). The average molecular weight is 445 g/mol. The van der Waals surface area contributed by atoms with Crippen molar-refractivity contribution in [2.45, 2.75) is 0 Å². The third-order valence-electron chi connectivity index (χ3n) is 5.45. The Morgan fingerprint density at radius 1 is 0.382 bits per heavy atom. The standard InChI is InChI=1S/C30H24N2O2/c31-23-13-17-26(18-14-23)33-27-7-3-5-22(19-27)30-10-2-1-9-29(30)21-11-15-25(16-12-21)34-28-8-4-6-24(32)20-28/h1-20H,31-32H2. The normalized spacial score (nSPS) is 10.6. The summed E-state index contributed by atoms with van der Waals surface area (Å²) in [5, 5.41) is 0. The van der Waals surface area contributed by atoms with E-state index in [9.17, 15) is 0 Å². The van der Waals surface area contributed by atoms with Gasteiger partial charge in [-0.2, -0.15) is 0 Å². The minimum atomic E-state index is 0.672. The molecule has 34 heavy (non-hydrogen) atoms. The van der Waals surface area contributed by atoms with Gasteiger partial charge in [-0.25, -0.2) is 0 Å². The van der Waals surface area contributed by atoms with E-state index in [1.165, 1.54) is 0 Å². The zero-order chi connectivity index (χ0) is 23.3. The molecule has 0 aliphatic heterocycles. The Morgan fingerprint density at radius 2 is 0.941 bits per heavy atom. The van der Waals surface area contributed by atoms with Crippen molar-refractivity contribution in [1.82, 2.24) is 0 Å². The quantitative estimate of drug-likeness (QED) is 0.262. The fraction of sp³-hybridized carbons (Fsp3) is 0. The van der Waals surface area contributed by atoms with Gasteiger partial charge in [-0.15, -0.1) is 0 Å². The van der Waals surface area contributed by atoms with Crippen LogP contribution in [0.15, 0.2) is 121 Å². The maximum absolute atomic E-state index is 6.04. The second kappa shape index (κ2) is 9.43. The van der Waals surface area contributed by atoms with Crippen LogP contribution < -0.4 is 20.9 Å².